The first-order valence-electron chi connectivity index (χ1n) is 9.43. The van der Waals surface area contributed by atoms with Gasteiger partial charge in [0.1, 0.15) is 0 Å². The highest BCUT2D eigenvalue weighted by Crippen LogP contribution is 2.33. The summed E-state index contributed by atoms with van der Waals surface area (Å²) in [6.45, 7) is 6.48. The molecule has 1 aliphatic carbocycles. The molecule has 0 aromatic heterocycles. The number of morpholine rings is 1. The molecule has 1 aromatic rings. The third-order valence-electron chi connectivity index (χ3n) is 5.67. The fraction of sp³-hybridized carbons (Fsp3) is 0.650. The summed E-state index contributed by atoms with van der Waals surface area (Å²) in [6.07, 6.45) is 7.21. The van der Waals surface area contributed by atoms with Crippen LogP contribution in [0, 0.1) is 0 Å². The van der Waals surface area contributed by atoms with E-state index in [4.69, 9.17) is 4.74 Å². The van der Waals surface area contributed by atoms with Crippen LogP contribution in [-0.4, -0.2) is 49.2 Å². The van der Waals surface area contributed by atoms with Crippen molar-refractivity contribution in [2.45, 2.75) is 51.0 Å². The molecule has 0 unspecified atom stereocenters. The van der Waals surface area contributed by atoms with Crippen molar-refractivity contribution < 1.29 is 9.53 Å². The van der Waals surface area contributed by atoms with Gasteiger partial charge in [-0.2, -0.15) is 0 Å². The maximum Gasteiger partial charge on any atom is 0.251 e. The molecule has 0 spiro atoms. The summed E-state index contributed by atoms with van der Waals surface area (Å²) in [7, 11) is 0. The van der Waals surface area contributed by atoms with E-state index in [1.165, 1.54) is 37.7 Å². The second kappa shape index (κ2) is 8.13. The Bertz CT molecular complexity index is 529. The second-order valence-electron chi connectivity index (χ2n) is 7.12. The molecule has 1 saturated carbocycles. The summed E-state index contributed by atoms with van der Waals surface area (Å²) in [4.78, 5) is 15.1. The summed E-state index contributed by atoms with van der Waals surface area (Å²) in [5, 5.41) is 3.22. The van der Waals surface area contributed by atoms with Gasteiger partial charge in [0.05, 0.1) is 13.2 Å². The number of benzene rings is 1. The molecule has 0 atom stereocenters. The summed E-state index contributed by atoms with van der Waals surface area (Å²) >= 11 is 0. The van der Waals surface area contributed by atoms with E-state index >= 15 is 0 Å². The Hall–Kier alpha value is -1.39. The fourth-order valence-electron chi connectivity index (χ4n) is 4.09. The lowest BCUT2D eigenvalue weighted by atomic mass is 9.79. The van der Waals surface area contributed by atoms with Crippen molar-refractivity contribution in [3.05, 3.63) is 35.4 Å². The van der Waals surface area contributed by atoms with E-state index in [0.717, 1.165) is 44.8 Å². The zero-order valence-electron chi connectivity index (χ0n) is 14.9. The lowest BCUT2D eigenvalue weighted by Gasteiger charge is -2.48. The second-order valence-corrected chi connectivity index (χ2v) is 7.12. The molecule has 4 nitrogen and oxygen atoms in total. The van der Waals surface area contributed by atoms with E-state index in [-0.39, 0.29) is 11.4 Å². The van der Waals surface area contributed by atoms with Crippen molar-refractivity contribution >= 4 is 5.91 Å². The minimum absolute atomic E-state index is 0.0517. The van der Waals surface area contributed by atoms with Gasteiger partial charge in [0, 0.05) is 30.7 Å². The van der Waals surface area contributed by atoms with Crippen molar-refractivity contribution in [1.29, 1.82) is 0 Å². The van der Waals surface area contributed by atoms with Crippen molar-refractivity contribution in [3.8, 4) is 0 Å². The molecule has 1 heterocycles. The van der Waals surface area contributed by atoms with E-state index in [2.05, 4.69) is 17.1 Å². The molecular weight excluding hydrogens is 300 g/mol. The molecule has 4 heteroatoms. The van der Waals surface area contributed by atoms with Gasteiger partial charge >= 0.3 is 0 Å². The number of carbonyl (C=O) groups excluding carboxylic acids is 1. The van der Waals surface area contributed by atoms with Gasteiger partial charge < -0.3 is 10.1 Å². The Morgan fingerprint density at radius 2 is 1.79 bits per heavy atom. The van der Waals surface area contributed by atoms with Crippen LogP contribution in [0.15, 0.2) is 24.3 Å². The van der Waals surface area contributed by atoms with Crippen LogP contribution in [0.5, 0.6) is 0 Å². The first-order valence-corrected chi connectivity index (χ1v) is 9.43. The van der Waals surface area contributed by atoms with E-state index in [0.29, 0.717) is 0 Å². The lowest BCUT2D eigenvalue weighted by molar-refractivity contribution is -0.0361. The molecule has 1 saturated heterocycles. The number of carbonyl (C=O) groups is 1. The van der Waals surface area contributed by atoms with E-state index in [9.17, 15) is 4.79 Å². The maximum atomic E-state index is 12.6. The predicted molar refractivity (Wildman–Crippen MR) is 96.4 cm³/mol. The summed E-state index contributed by atoms with van der Waals surface area (Å²) in [5.74, 6) is 0.0517. The van der Waals surface area contributed by atoms with Crippen LogP contribution < -0.4 is 5.32 Å². The molecular formula is C20H30N2O2. The van der Waals surface area contributed by atoms with Crippen LogP contribution in [-0.2, 0) is 11.2 Å². The van der Waals surface area contributed by atoms with Crippen molar-refractivity contribution in [2.75, 3.05) is 32.8 Å². The van der Waals surface area contributed by atoms with E-state index in [1.54, 1.807) is 0 Å². The number of ether oxygens (including phenoxy) is 1. The normalized spacial score (nSPS) is 21.4. The van der Waals surface area contributed by atoms with Crippen LogP contribution in [0.2, 0.25) is 0 Å². The molecule has 0 radical (unpaired) electrons. The zero-order chi connectivity index (χ0) is 16.8. The van der Waals surface area contributed by atoms with Gasteiger partial charge in [0.25, 0.3) is 5.91 Å². The van der Waals surface area contributed by atoms with Gasteiger partial charge in [-0.3, -0.25) is 9.69 Å². The molecule has 1 aliphatic heterocycles. The first-order chi connectivity index (χ1) is 11.7. The molecule has 3 rings (SSSR count). The Kier molecular flexibility index (Phi) is 5.90. The maximum absolute atomic E-state index is 12.6. The van der Waals surface area contributed by atoms with E-state index in [1.807, 2.05) is 24.3 Å². The summed E-state index contributed by atoms with van der Waals surface area (Å²) in [5.41, 5.74) is 2.16. The lowest BCUT2D eigenvalue weighted by Crippen LogP contribution is -2.59. The van der Waals surface area contributed by atoms with Gasteiger partial charge in [0.2, 0.25) is 0 Å². The number of amides is 1. The number of hydrogen-bond acceptors (Lipinski definition) is 3. The minimum Gasteiger partial charge on any atom is -0.379 e. The molecule has 24 heavy (non-hydrogen) atoms. The molecule has 2 fully saturated rings. The average Bonchev–Trinajstić information content (AvgIpc) is 2.67. The van der Waals surface area contributed by atoms with E-state index < -0.39 is 0 Å². The van der Waals surface area contributed by atoms with Gasteiger partial charge in [0.15, 0.2) is 0 Å². The van der Waals surface area contributed by atoms with Gasteiger partial charge in [-0.25, -0.2) is 0 Å². The Morgan fingerprint density at radius 1 is 1.12 bits per heavy atom. The predicted octanol–water partition coefficient (Wildman–Crippen LogP) is 3.01. The van der Waals surface area contributed by atoms with Crippen LogP contribution in [0.4, 0.5) is 0 Å². The smallest absolute Gasteiger partial charge is 0.251 e. The Labute approximate surface area is 145 Å². The van der Waals surface area contributed by atoms with Gasteiger partial charge in [-0.05, 0) is 37.0 Å². The fourth-order valence-corrected chi connectivity index (χ4v) is 4.09. The SMILES string of the molecule is CCc1ccc(C(=O)NCC2(N3CCOCC3)CCCCC2)cc1. The van der Waals surface area contributed by atoms with Crippen molar-refractivity contribution in [3.63, 3.8) is 0 Å². The van der Waals surface area contributed by atoms with Crippen LogP contribution in [0.1, 0.15) is 54.9 Å². The zero-order valence-corrected chi connectivity index (χ0v) is 14.9. The van der Waals surface area contributed by atoms with Crippen molar-refractivity contribution in [1.82, 2.24) is 10.2 Å². The summed E-state index contributed by atoms with van der Waals surface area (Å²) in [6, 6.07) is 7.98. The topological polar surface area (TPSA) is 41.6 Å². The minimum atomic E-state index is 0.0517. The van der Waals surface area contributed by atoms with Crippen molar-refractivity contribution in [2.24, 2.45) is 0 Å². The number of nitrogens with one attached hydrogen (secondary N) is 1. The number of nitrogens with zero attached hydrogens (tertiary/aromatic N) is 1. The molecule has 0 bridgehead atoms. The monoisotopic (exact) mass is 330 g/mol. The van der Waals surface area contributed by atoms with Crippen LogP contribution in [0.3, 0.4) is 0 Å². The third-order valence-corrected chi connectivity index (χ3v) is 5.67. The number of rotatable bonds is 5. The average molecular weight is 330 g/mol. The first kappa shape index (κ1) is 17.4. The largest absolute Gasteiger partial charge is 0.379 e. The number of aryl methyl sites for hydroxylation is 1. The summed E-state index contributed by atoms with van der Waals surface area (Å²) < 4.78 is 5.52. The molecule has 1 aromatic carbocycles. The quantitative estimate of drug-likeness (QED) is 0.902. The molecule has 132 valence electrons. The molecule has 1 amide bonds. The van der Waals surface area contributed by atoms with Crippen LogP contribution in [0.25, 0.3) is 0 Å². The highest BCUT2D eigenvalue weighted by Gasteiger charge is 2.38. The molecule has 2 aliphatic rings. The Morgan fingerprint density at radius 3 is 2.42 bits per heavy atom. The Balaban J connectivity index is 1.64. The number of hydrogen-bond donors (Lipinski definition) is 1. The van der Waals surface area contributed by atoms with Gasteiger partial charge in [-0.15, -0.1) is 0 Å². The highest BCUT2D eigenvalue weighted by molar-refractivity contribution is 5.94. The highest BCUT2D eigenvalue weighted by atomic mass is 16.5. The van der Waals surface area contributed by atoms with Crippen LogP contribution >= 0.6 is 0 Å². The van der Waals surface area contributed by atoms with Gasteiger partial charge in [-0.1, -0.05) is 38.3 Å². The molecule has 1 N–H and O–H groups in total. The standard InChI is InChI=1S/C20H30N2O2/c1-2-17-6-8-18(9-7-17)19(23)21-16-20(10-4-3-5-11-20)22-12-14-24-15-13-22/h6-9H,2-5,10-16H2,1H3,(H,21,23). The third kappa shape index (κ3) is 3.98.